The van der Waals surface area contributed by atoms with Crippen LogP contribution >= 0.6 is 24.8 Å². The maximum atomic E-state index is 14.3. The number of aliphatic hydroxyl groups is 1. The molecule has 1 aliphatic carbocycles. The monoisotopic (exact) mass is 771 g/mol. The van der Waals surface area contributed by atoms with E-state index >= 15 is 0 Å². The number of aromatic nitrogens is 3. The molecule has 1 aliphatic rings. The smallest absolute Gasteiger partial charge is 0.243 e. The van der Waals surface area contributed by atoms with Crippen molar-refractivity contribution in [1.82, 2.24) is 25.6 Å². The van der Waals surface area contributed by atoms with E-state index in [9.17, 15) is 19.5 Å². The van der Waals surface area contributed by atoms with Crippen molar-refractivity contribution in [3.05, 3.63) is 84.2 Å². The van der Waals surface area contributed by atoms with Gasteiger partial charge in [0.2, 0.25) is 11.8 Å². The predicted octanol–water partition coefficient (Wildman–Crippen LogP) is 7.65. The highest BCUT2D eigenvalue weighted by atomic mass is 35.5. The number of carbonyl (C=O) groups excluding carboxylic acids is 3. The molecule has 0 unspecified atom stereocenters. The van der Waals surface area contributed by atoms with Crippen LogP contribution in [0.2, 0.25) is 0 Å². The summed E-state index contributed by atoms with van der Waals surface area (Å²) in [5.41, 5.74) is 2.02. The standard InChI is InChI=1S/C42H61N5O4.2ClH/c1-29(2)32(19-20-34-18-12-13-21-44-34)24-38(48)36(23-31-16-10-7-11-17-31)46-41(51)37(26-35-27-43-28-45-35)47-40(50)33(25-39(49)42(3,4)5)22-30-14-8-6-9-15-30;;/h6,8-9,12-15,18,21,27-29,31-33,36-38,48H,7,10-11,16-17,19-20,22-26H2,1-5H3,(H,43,45)(H,46,51)(H,47,50);2*1H/t32-,33+,36-,37-,38-;;/m0../s1. The summed E-state index contributed by atoms with van der Waals surface area (Å²) in [6, 6.07) is 14.2. The van der Waals surface area contributed by atoms with E-state index in [1.165, 1.54) is 6.42 Å². The number of aryl methyl sites for hydroxylation is 1. The molecule has 2 amide bonds. The Morgan fingerprint density at radius 2 is 1.58 bits per heavy atom. The van der Waals surface area contributed by atoms with Crippen LogP contribution in [0.15, 0.2) is 67.3 Å². The first-order chi connectivity index (χ1) is 24.4. The lowest BCUT2D eigenvalue weighted by Crippen LogP contribution is -2.55. The molecule has 294 valence electrons. The van der Waals surface area contributed by atoms with Gasteiger partial charge < -0.3 is 20.7 Å². The van der Waals surface area contributed by atoms with Gasteiger partial charge in [-0.1, -0.05) is 103 Å². The molecule has 4 N–H and O–H groups in total. The summed E-state index contributed by atoms with van der Waals surface area (Å²) in [4.78, 5) is 53.4. The zero-order chi connectivity index (χ0) is 36.8. The molecule has 0 saturated heterocycles. The average molecular weight is 773 g/mol. The zero-order valence-electron chi connectivity index (χ0n) is 32.3. The lowest BCUT2D eigenvalue weighted by atomic mass is 9.80. The topological polar surface area (TPSA) is 137 Å². The van der Waals surface area contributed by atoms with Gasteiger partial charge in [-0.25, -0.2) is 4.98 Å². The van der Waals surface area contributed by atoms with E-state index in [0.29, 0.717) is 36.8 Å². The van der Waals surface area contributed by atoms with Gasteiger partial charge >= 0.3 is 0 Å². The lowest BCUT2D eigenvalue weighted by molar-refractivity contribution is -0.135. The number of ketones is 1. The summed E-state index contributed by atoms with van der Waals surface area (Å²) in [5.74, 6) is -0.339. The third kappa shape index (κ3) is 15.5. The fraction of sp³-hybridized carbons (Fsp3) is 0.595. The van der Waals surface area contributed by atoms with Gasteiger partial charge in [0.15, 0.2) is 0 Å². The van der Waals surface area contributed by atoms with Gasteiger partial charge in [-0.05, 0) is 67.6 Å². The normalized spacial score (nSPS) is 16.3. The van der Waals surface area contributed by atoms with E-state index in [1.54, 1.807) is 12.5 Å². The van der Waals surface area contributed by atoms with Crippen molar-refractivity contribution >= 4 is 42.4 Å². The Kier molecular flexibility index (Phi) is 19.8. The molecule has 1 saturated carbocycles. The van der Waals surface area contributed by atoms with E-state index in [-0.39, 0.29) is 61.2 Å². The number of Topliss-reactive ketones (excluding diaryl/α,β-unsaturated/α-hetero) is 1. The van der Waals surface area contributed by atoms with Crippen molar-refractivity contribution in [2.75, 3.05) is 0 Å². The van der Waals surface area contributed by atoms with Gasteiger partial charge in [-0.2, -0.15) is 0 Å². The molecule has 11 heteroatoms. The second-order valence-electron chi connectivity index (χ2n) is 16.1. The van der Waals surface area contributed by atoms with Gasteiger partial charge in [0, 0.05) is 42.3 Å². The number of benzene rings is 1. The second kappa shape index (κ2) is 22.8. The highest BCUT2D eigenvalue weighted by molar-refractivity contribution is 5.92. The number of hydrogen-bond donors (Lipinski definition) is 4. The molecule has 2 heterocycles. The molecular weight excluding hydrogens is 709 g/mol. The van der Waals surface area contributed by atoms with Gasteiger partial charge in [0.1, 0.15) is 11.8 Å². The summed E-state index contributed by atoms with van der Waals surface area (Å²) in [6.07, 6.45) is 13.7. The van der Waals surface area contributed by atoms with Gasteiger partial charge in [0.25, 0.3) is 0 Å². The molecule has 0 bridgehead atoms. The Bertz CT molecular complexity index is 1480. The van der Waals surface area contributed by atoms with E-state index < -0.39 is 29.5 Å². The molecule has 2 aromatic heterocycles. The third-order valence-corrected chi connectivity index (χ3v) is 10.7. The van der Waals surface area contributed by atoms with E-state index in [1.807, 2.05) is 75.5 Å². The van der Waals surface area contributed by atoms with Crippen LogP contribution in [0.1, 0.15) is 109 Å². The summed E-state index contributed by atoms with van der Waals surface area (Å²) in [5, 5.41) is 18.1. The minimum atomic E-state index is -0.935. The van der Waals surface area contributed by atoms with Crippen LogP contribution in [-0.2, 0) is 33.6 Å². The third-order valence-electron chi connectivity index (χ3n) is 10.7. The van der Waals surface area contributed by atoms with Crippen LogP contribution in [0.5, 0.6) is 0 Å². The van der Waals surface area contributed by atoms with Crippen molar-refractivity contribution in [3.63, 3.8) is 0 Å². The van der Waals surface area contributed by atoms with Crippen LogP contribution in [0.4, 0.5) is 0 Å². The highest BCUT2D eigenvalue weighted by Crippen LogP contribution is 2.31. The number of hydrogen-bond acceptors (Lipinski definition) is 6. The molecule has 9 nitrogen and oxygen atoms in total. The molecule has 1 fully saturated rings. The minimum Gasteiger partial charge on any atom is -0.391 e. The molecule has 0 spiro atoms. The number of amides is 2. The molecule has 5 atom stereocenters. The summed E-state index contributed by atoms with van der Waals surface area (Å²) in [7, 11) is 0. The van der Waals surface area contributed by atoms with Gasteiger partial charge in [-0.15, -0.1) is 24.8 Å². The Morgan fingerprint density at radius 3 is 2.19 bits per heavy atom. The molecule has 1 aromatic carbocycles. The largest absolute Gasteiger partial charge is 0.391 e. The molecule has 4 rings (SSSR count). The average Bonchev–Trinajstić information content (AvgIpc) is 3.63. The molecule has 3 aromatic rings. The van der Waals surface area contributed by atoms with Crippen LogP contribution in [0.3, 0.4) is 0 Å². The number of aromatic amines is 1. The number of pyridine rings is 1. The van der Waals surface area contributed by atoms with E-state index in [2.05, 4.69) is 39.4 Å². The second-order valence-corrected chi connectivity index (χ2v) is 16.1. The van der Waals surface area contributed by atoms with Crippen LogP contribution in [0, 0.1) is 29.1 Å². The number of nitrogens with one attached hydrogen (secondary N) is 3. The maximum absolute atomic E-state index is 14.3. The summed E-state index contributed by atoms with van der Waals surface area (Å²) in [6.45, 7) is 9.97. The fourth-order valence-corrected chi connectivity index (χ4v) is 7.25. The zero-order valence-corrected chi connectivity index (χ0v) is 33.9. The number of halogens is 2. The number of aliphatic hydroxyl groups excluding tert-OH is 1. The fourth-order valence-electron chi connectivity index (χ4n) is 7.25. The minimum absolute atomic E-state index is 0. The Balaban J connectivity index is 0.00000486. The Labute approximate surface area is 329 Å². The Hall–Kier alpha value is -3.27. The first-order valence-electron chi connectivity index (χ1n) is 19.1. The number of rotatable bonds is 19. The van der Waals surface area contributed by atoms with Gasteiger partial charge in [-0.3, -0.25) is 19.4 Å². The first-order valence-corrected chi connectivity index (χ1v) is 19.1. The van der Waals surface area contributed by atoms with Crippen LogP contribution < -0.4 is 10.6 Å². The maximum Gasteiger partial charge on any atom is 0.243 e. The molecule has 53 heavy (non-hydrogen) atoms. The first kappa shape index (κ1) is 45.9. The van der Waals surface area contributed by atoms with Gasteiger partial charge in [0.05, 0.1) is 24.2 Å². The van der Waals surface area contributed by atoms with E-state index in [0.717, 1.165) is 49.8 Å². The summed E-state index contributed by atoms with van der Waals surface area (Å²) < 4.78 is 0. The molecule has 0 radical (unpaired) electrons. The van der Waals surface area contributed by atoms with Crippen molar-refractivity contribution in [1.29, 1.82) is 0 Å². The number of H-pyrrole nitrogens is 1. The van der Waals surface area contributed by atoms with Crippen LogP contribution in [-0.4, -0.2) is 55.8 Å². The number of nitrogens with zero attached hydrogens (tertiary/aromatic N) is 2. The van der Waals surface area contributed by atoms with Crippen molar-refractivity contribution < 1.29 is 19.5 Å². The summed E-state index contributed by atoms with van der Waals surface area (Å²) >= 11 is 0. The van der Waals surface area contributed by atoms with Crippen molar-refractivity contribution in [2.45, 2.75) is 130 Å². The number of imidazole rings is 1. The highest BCUT2D eigenvalue weighted by Gasteiger charge is 2.34. The SMILES string of the molecule is CC(C)[C@@H](CCc1ccccn1)C[C@H](O)[C@H](CC1CCCCC1)NC(=O)[C@H](Cc1c[nH]cn1)NC(=O)[C@@H](CC(=O)C(C)(C)C)Cc1ccccc1.Cl.Cl. The van der Waals surface area contributed by atoms with E-state index in [4.69, 9.17) is 0 Å². The lowest BCUT2D eigenvalue weighted by Gasteiger charge is -2.34. The quantitative estimate of drug-likeness (QED) is 0.0989. The molecular formula is C42H63Cl2N5O4. The molecule has 0 aliphatic heterocycles. The van der Waals surface area contributed by atoms with Crippen molar-refractivity contribution in [2.24, 2.45) is 29.1 Å². The number of carbonyl (C=O) groups is 3. The van der Waals surface area contributed by atoms with Crippen molar-refractivity contribution in [3.8, 4) is 0 Å². The Morgan fingerprint density at radius 1 is 0.887 bits per heavy atom. The van der Waals surface area contributed by atoms with Crippen LogP contribution in [0.25, 0.3) is 0 Å². The predicted molar refractivity (Wildman–Crippen MR) is 216 cm³/mol.